The van der Waals surface area contributed by atoms with E-state index in [1.807, 2.05) is 6.92 Å². The zero-order valence-corrected chi connectivity index (χ0v) is 14.2. The number of hydrogen-bond acceptors (Lipinski definition) is 3. The summed E-state index contributed by atoms with van der Waals surface area (Å²) < 4.78 is 13.6. The van der Waals surface area contributed by atoms with Crippen LogP contribution >= 0.6 is 15.9 Å². The van der Waals surface area contributed by atoms with Crippen molar-refractivity contribution in [2.24, 2.45) is 0 Å². The summed E-state index contributed by atoms with van der Waals surface area (Å²) in [6, 6.07) is 3.74. The van der Waals surface area contributed by atoms with Crippen molar-refractivity contribution in [3.63, 3.8) is 0 Å². The maximum absolute atomic E-state index is 13.2. The van der Waals surface area contributed by atoms with Gasteiger partial charge in [-0.05, 0) is 40.5 Å². The van der Waals surface area contributed by atoms with E-state index in [0.717, 1.165) is 6.07 Å². The molecule has 0 heterocycles. The van der Waals surface area contributed by atoms with Crippen LogP contribution in [0.4, 0.5) is 4.39 Å². The molecule has 126 valence electrons. The molecular weight excluding hydrogens is 371 g/mol. The number of hydrogen-bond donors (Lipinski definition) is 2. The number of amides is 2. The number of carbonyl (C=O) groups is 3. The van der Waals surface area contributed by atoms with Gasteiger partial charge in [0.25, 0.3) is 5.91 Å². The molecule has 2 amide bonds. The lowest BCUT2D eigenvalue weighted by Crippen LogP contribution is -2.38. The third-order valence-corrected chi connectivity index (χ3v) is 3.66. The van der Waals surface area contributed by atoms with Crippen LogP contribution in [0.5, 0.6) is 0 Å². The summed E-state index contributed by atoms with van der Waals surface area (Å²) in [6.07, 6.45) is 0.619. The van der Waals surface area contributed by atoms with Gasteiger partial charge >= 0.3 is 5.97 Å². The van der Waals surface area contributed by atoms with Crippen LogP contribution < -0.4 is 5.32 Å². The molecular formula is C15H18BrFN2O4. The lowest BCUT2D eigenvalue weighted by atomic mass is 10.2. The Morgan fingerprint density at radius 3 is 2.65 bits per heavy atom. The fourth-order valence-corrected chi connectivity index (χ4v) is 2.36. The van der Waals surface area contributed by atoms with Crippen LogP contribution in [0.15, 0.2) is 22.7 Å². The smallest absolute Gasteiger partial charge is 0.323 e. The Labute approximate surface area is 141 Å². The molecule has 0 spiro atoms. The minimum Gasteiger partial charge on any atom is -0.480 e. The van der Waals surface area contributed by atoms with Crippen molar-refractivity contribution in [2.75, 3.05) is 19.6 Å². The minimum absolute atomic E-state index is 0.0219. The van der Waals surface area contributed by atoms with Gasteiger partial charge in [-0.15, -0.1) is 0 Å². The number of carboxylic acids is 1. The topological polar surface area (TPSA) is 86.7 Å². The normalized spacial score (nSPS) is 10.2. The summed E-state index contributed by atoms with van der Waals surface area (Å²) in [4.78, 5) is 35.8. The third kappa shape index (κ3) is 6.35. The molecule has 0 bridgehead atoms. The molecule has 0 aliphatic heterocycles. The first-order valence-electron chi connectivity index (χ1n) is 7.08. The number of nitrogens with zero attached hydrogens (tertiary/aromatic N) is 1. The summed E-state index contributed by atoms with van der Waals surface area (Å²) in [5, 5.41) is 11.3. The highest BCUT2D eigenvalue weighted by atomic mass is 79.9. The molecule has 6 nitrogen and oxygen atoms in total. The second-order valence-electron chi connectivity index (χ2n) is 4.84. The Bertz CT molecular complexity index is 595. The van der Waals surface area contributed by atoms with Crippen LogP contribution in [-0.4, -0.2) is 47.4 Å². The van der Waals surface area contributed by atoms with E-state index in [2.05, 4.69) is 21.2 Å². The highest BCUT2D eigenvalue weighted by Crippen LogP contribution is 2.17. The zero-order chi connectivity index (χ0) is 17.4. The molecule has 0 saturated carbocycles. The number of carboxylic acid groups (broad SMARTS) is 1. The molecule has 0 aliphatic carbocycles. The average Bonchev–Trinajstić information content (AvgIpc) is 2.48. The number of rotatable bonds is 8. The summed E-state index contributed by atoms with van der Waals surface area (Å²) in [5.41, 5.74) is 0.133. The molecule has 1 aromatic carbocycles. The van der Waals surface area contributed by atoms with Gasteiger partial charge in [0.2, 0.25) is 5.91 Å². The van der Waals surface area contributed by atoms with Gasteiger partial charge in [0.1, 0.15) is 12.4 Å². The monoisotopic (exact) mass is 388 g/mol. The fourth-order valence-electron chi connectivity index (χ4n) is 1.93. The molecule has 2 N–H and O–H groups in total. The SMILES string of the molecule is CCCN(CC(=O)O)C(=O)CCNC(=O)c1cc(F)ccc1Br. The fraction of sp³-hybridized carbons (Fsp3) is 0.400. The molecule has 0 fully saturated rings. The van der Waals surface area contributed by atoms with Crippen molar-refractivity contribution in [3.05, 3.63) is 34.1 Å². The van der Waals surface area contributed by atoms with Crippen molar-refractivity contribution in [2.45, 2.75) is 19.8 Å². The van der Waals surface area contributed by atoms with Crippen LogP contribution in [0.1, 0.15) is 30.1 Å². The van der Waals surface area contributed by atoms with E-state index < -0.39 is 17.7 Å². The Morgan fingerprint density at radius 2 is 2.04 bits per heavy atom. The van der Waals surface area contributed by atoms with E-state index in [0.29, 0.717) is 17.4 Å². The molecule has 0 atom stereocenters. The molecule has 1 aromatic rings. The molecule has 0 unspecified atom stereocenters. The van der Waals surface area contributed by atoms with Crippen LogP contribution in [0, 0.1) is 5.82 Å². The molecule has 1 rings (SSSR count). The van der Waals surface area contributed by atoms with E-state index in [1.165, 1.54) is 17.0 Å². The third-order valence-electron chi connectivity index (χ3n) is 2.97. The Kier molecular flexibility index (Phi) is 7.67. The van der Waals surface area contributed by atoms with Crippen molar-refractivity contribution in [1.29, 1.82) is 0 Å². The first-order valence-corrected chi connectivity index (χ1v) is 7.87. The quantitative estimate of drug-likeness (QED) is 0.713. The van der Waals surface area contributed by atoms with Crippen molar-refractivity contribution < 1.29 is 23.9 Å². The first kappa shape index (κ1) is 19.1. The second kappa shape index (κ2) is 9.24. The number of carbonyl (C=O) groups excluding carboxylic acids is 2. The Hall–Kier alpha value is -1.96. The molecule has 0 saturated heterocycles. The van der Waals surface area contributed by atoms with Gasteiger partial charge in [-0.1, -0.05) is 6.92 Å². The van der Waals surface area contributed by atoms with Gasteiger partial charge in [0, 0.05) is 24.0 Å². The number of halogens is 2. The number of nitrogens with one attached hydrogen (secondary N) is 1. The van der Waals surface area contributed by atoms with Gasteiger partial charge in [0.15, 0.2) is 0 Å². The first-order chi connectivity index (χ1) is 10.8. The van der Waals surface area contributed by atoms with Crippen LogP contribution in [0.2, 0.25) is 0 Å². The number of aliphatic carboxylic acids is 1. The van der Waals surface area contributed by atoms with Crippen molar-refractivity contribution >= 4 is 33.7 Å². The predicted octanol–water partition coefficient (Wildman–Crippen LogP) is 2.03. The highest BCUT2D eigenvalue weighted by molar-refractivity contribution is 9.10. The maximum atomic E-state index is 13.2. The summed E-state index contributed by atoms with van der Waals surface area (Å²) in [6.45, 7) is 1.86. The van der Waals surface area contributed by atoms with Gasteiger partial charge in [-0.2, -0.15) is 0 Å². The Morgan fingerprint density at radius 1 is 1.35 bits per heavy atom. The van der Waals surface area contributed by atoms with E-state index >= 15 is 0 Å². The summed E-state index contributed by atoms with van der Waals surface area (Å²) in [7, 11) is 0. The molecule has 0 aliphatic rings. The van der Waals surface area contributed by atoms with E-state index in [-0.39, 0.29) is 31.0 Å². The highest BCUT2D eigenvalue weighted by Gasteiger charge is 2.16. The van der Waals surface area contributed by atoms with Crippen molar-refractivity contribution in [3.8, 4) is 0 Å². The lowest BCUT2D eigenvalue weighted by Gasteiger charge is -2.20. The van der Waals surface area contributed by atoms with Crippen molar-refractivity contribution in [1.82, 2.24) is 10.2 Å². The molecule has 23 heavy (non-hydrogen) atoms. The lowest BCUT2D eigenvalue weighted by molar-refractivity contribution is -0.144. The van der Waals surface area contributed by atoms with Gasteiger partial charge < -0.3 is 15.3 Å². The predicted molar refractivity (Wildman–Crippen MR) is 85.6 cm³/mol. The largest absolute Gasteiger partial charge is 0.480 e. The van der Waals surface area contributed by atoms with E-state index in [9.17, 15) is 18.8 Å². The molecule has 0 radical (unpaired) electrons. The zero-order valence-electron chi connectivity index (χ0n) is 12.6. The summed E-state index contributed by atoms with van der Waals surface area (Å²) in [5.74, 6) is -2.48. The van der Waals surface area contributed by atoms with Gasteiger partial charge in [-0.25, -0.2) is 4.39 Å². The minimum atomic E-state index is -1.08. The van der Waals surface area contributed by atoms with Crippen LogP contribution in [0.3, 0.4) is 0 Å². The van der Waals surface area contributed by atoms with Gasteiger partial charge in [-0.3, -0.25) is 14.4 Å². The van der Waals surface area contributed by atoms with Crippen LogP contribution in [0.25, 0.3) is 0 Å². The summed E-state index contributed by atoms with van der Waals surface area (Å²) >= 11 is 3.15. The standard InChI is InChI=1S/C15H18BrFN2O4/c1-2-7-19(9-14(21)22)13(20)5-6-18-15(23)11-8-10(17)3-4-12(11)16/h3-4,8H,2,5-7,9H2,1H3,(H,18,23)(H,21,22). The number of benzene rings is 1. The second-order valence-corrected chi connectivity index (χ2v) is 5.69. The Balaban J connectivity index is 2.54. The molecule has 0 aromatic heterocycles. The van der Waals surface area contributed by atoms with Gasteiger partial charge in [0.05, 0.1) is 5.56 Å². The van der Waals surface area contributed by atoms with E-state index in [1.54, 1.807) is 0 Å². The maximum Gasteiger partial charge on any atom is 0.323 e. The molecule has 8 heteroatoms. The van der Waals surface area contributed by atoms with Crippen LogP contribution in [-0.2, 0) is 9.59 Å². The van der Waals surface area contributed by atoms with E-state index in [4.69, 9.17) is 5.11 Å². The average molecular weight is 389 g/mol.